The maximum Gasteiger partial charge on any atom is 0.0767 e. The van der Waals surface area contributed by atoms with Crippen LogP contribution in [0.2, 0.25) is 0 Å². The molecule has 1 aromatic heterocycles. The quantitative estimate of drug-likeness (QED) is 0.913. The summed E-state index contributed by atoms with van der Waals surface area (Å²) in [5.74, 6) is 0. The number of fused-ring (bicyclic) bond motifs is 2. The van der Waals surface area contributed by atoms with Crippen molar-refractivity contribution in [1.29, 1.82) is 0 Å². The fourth-order valence-electron chi connectivity index (χ4n) is 3.74. The van der Waals surface area contributed by atoms with Crippen LogP contribution in [0.4, 0.5) is 0 Å². The van der Waals surface area contributed by atoms with Crippen LogP contribution in [-0.2, 0) is 20.0 Å². The summed E-state index contributed by atoms with van der Waals surface area (Å²) in [5.41, 5.74) is 2.47. The fraction of sp³-hybridized carbons (Fsp3) is 0.800. The van der Waals surface area contributed by atoms with Crippen LogP contribution in [-0.4, -0.2) is 39.9 Å². The molecule has 0 saturated carbocycles. The molecule has 0 radical (unpaired) electrons. The molecule has 2 unspecified atom stereocenters. The Balaban J connectivity index is 1.70. The second-order valence-electron chi connectivity index (χ2n) is 6.36. The highest BCUT2D eigenvalue weighted by Crippen LogP contribution is 2.31. The van der Waals surface area contributed by atoms with Crippen LogP contribution in [0.5, 0.6) is 0 Å². The van der Waals surface area contributed by atoms with E-state index in [1.165, 1.54) is 41.5 Å². The molecule has 1 N–H and O–H groups in total. The van der Waals surface area contributed by atoms with Crippen LogP contribution < -0.4 is 5.32 Å². The summed E-state index contributed by atoms with van der Waals surface area (Å²) in [5, 5.41) is 8.32. The Labute approximate surface area is 130 Å². The van der Waals surface area contributed by atoms with E-state index in [1.807, 2.05) is 4.68 Å². The summed E-state index contributed by atoms with van der Waals surface area (Å²) < 4.78 is 3.24. The average Bonchev–Trinajstić information content (AvgIpc) is 2.91. The van der Waals surface area contributed by atoms with Crippen molar-refractivity contribution >= 4 is 15.9 Å². The topological polar surface area (TPSA) is 33.1 Å². The van der Waals surface area contributed by atoms with Crippen LogP contribution in [0.1, 0.15) is 44.0 Å². The second kappa shape index (κ2) is 5.78. The monoisotopic (exact) mass is 340 g/mol. The molecule has 4 nitrogen and oxygen atoms in total. The Kier molecular flexibility index (Phi) is 4.20. The molecule has 5 heteroatoms. The van der Waals surface area contributed by atoms with Gasteiger partial charge in [0.25, 0.3) is 0 Å². The molecule has 3 rings (SSSR count). The molecule has 112 valence electrons. The van der Waals surface area contributed by atoms with Gasteiger partial charge >= 0.3 is 0 Å². The Hall–Kier alpha value is -0.390. The number of halogens is 1. The Morgan fingerprint density at radius 1 is 1.35 bits per heavy atom. The number of rotatable bonds is 4. The molecule has 0 aromatic carbocycles. The molecule has 0 aliphatic carbocycles. The van der Waals surface area contributed by atoms with Crippen molar-refractivity contribution in [3.05, 3.63) is 15.9 Å². The zero-order chi connectivity index (χ0) is 14.3. The standard InChI is InChI=1S/C15H25BrN4/c1-4-13-15(16)14(20(3)18-13)9-19(2)12-7-10-5-6-11(8-12)17-10/h10-12,17H,4-9H2,1-3H3. The van der Waals surface area contributed by atoms with Gasteiger partial charge in [0.15, 0.2) is 0 Å². The van der Waals surface area contributed by atoms with E-state index in [0.29, 0.717) is 6.04 Å². The highest BCUT2D eigenvalue weighted by atomic mass is 79.9. The van der Waals surface area contributed by atoms with Crippen molar-refractivity contribution in [3.63, 3.8) is 0 Å². The van der Waals surface area contributed by atoms with Gasteiger partial charge in [0, 0.05) is 31.7 Å². The summed E-state index contributed by atoms with van der Waals surface area (Å²) in [6.45, 7) is 3.14. The largest absolute Gasteiger partial charge is 0.311 e. The first kappa shape index (κ1) is 14.5. The van der Waals surface area contributed by atoms with E-state index >= 15 is 0 Å². The van der Waals surface area contributed by atoms with E-state index in [1.54, 1.807) is 0 Å². The zero-order valence-electron chi connectivity index (χ0n) is 12.7. The molecule has 2 aliphatic rings. The summed E-state index contributed by atoms with van der Waals surface area (Å²) in [6.07, 6.45) is 6.30. The van der Waals surface area contributed by atoms with Crippen molar-refractivity contribution in [2.75, 3.05) is 7.05 Å². The summed E-state index contributed by atoms with van der Waals surface area (Å²) in [6, 6.07) is 2.21. The lowest BCUT2D eigenvalue weighted by atomic mass is 9.98. The smallest absolute Gasteiger partial charge is 0.0767 e. The molecule has 2 saturated heterocycles. The van der Waals surface area contributed by atoms with E-state index in [0.717, 1.165) is 25.0 Å². The first-order valence-electron chi connectivity index (χ1n) is 7.75. The highest BCUT2D eigenvalue weighted by molar-refractivity contribution is 9.10. The van der Waals surface area contributed by atoms with Gasteiger partial charge in [0.1, 0.15) is 0 Å². The minimum atomic E-state index is 0.709. The summed E-state index contributed by atoms with van der Waals surface area (Å²) in [4.78, 5) is 2.52. The number of nitrogens with zero attached hydrogens (tertiary/aromatic N) is 3. The fourth-order valence-corrected chi connectivity index (χ4v) is 4.49. The highest BCUT2D eigenvalue weighted by Gasteiger charge is 2.35. The lowest BCUT2D eigenvalue weighted by Gasteiger charge is -2.35. The van der Waals surface area contributed by atoms with Crippen molar-refractivity contribution in [2.45, 2.75) is 63.7 Å². The van der Waals surface area contributed by atoms with E-state index in [9.17, 15) is 0 Å². The lowest BCUT2D eigenvalue weighted by Crippen LogP contribution is -2.46. The van der Waals surface area contributed by atoms with Crippen molar-refractivity contribution < 1.29 is 0 Å². The minimum Gasteiger partial charge on any atom is -0.311 e. The minimum absolute atomic E-state index is 0.709. The normalized spacial score (nSPS) is 29.4. The lowest BCUT2D eigenvalue weighted by molar-refractivity contribution is 0.162. The van der Waals surface area contributed by atoms with Gasteiger partial charge in [-0.2, -0.15) is 5.10 Å². The van der Waals surface area contributed by atoms with Gasteiger partial charge in [-0.05, 0) is 55.1 Å². The van der Waals surface area contributed by atoms with Gasteiger partial charge in [0.05, 0.1) is 15.9 Å². The van der Waals surface area contributed by atoms with E-state index in [2.05, 4.69) is 52.3 Å². The number of aryl methyl sites for hydroxylation is 2. The van der Waals surface area contributed by atoms with Crippen LogP contribution in [0.15, 0.2) is 4.47 Å². The molecule has 2 bridgehead atoms. The molecular weight excluding hydrogens is 316 g/mol. The second-order valence-corrected chi connectivity index (χ2v) is 7.16. The van der Waals surface area contributed by atoms with Crippen molar-refractivity contribution in [2.24, 2.45) is 7.05 Å². The average molecular weight is 341 g/mol. The van der Waals surface area contributed by atoms with Gasteiger partial charge in [-0.1, -0.05) is 6.92 Å². The Morgan fingerprint density at radius 3 is 2.55 bits per heavy atom. The molecule has 20 heavy (non-hydrogen) atoms. The number of hydrogen-bond acceptors (Lipinski definition) is 3. The van der Waals surface area contributed by atoms with E-state index in [4.69, 9.17) is 0 Å². The molecule has 0 spiro atoms. The first-order valence-corrected chi connectivity index (χ1v) is 8.54. The number of nitrogens with one attached hydrogen (secondary N) is 1. The molecule has 2 atom stereocenters. The predicted octanol–water partition coefficient (Wildman–Crippen LogP) is 2.46. The van der Waals surface area contributed by atoms with Gasteiger partial charge in [-0.15, -0.1) is 0 Å². The number of aromatic nitrogens is 2. The molecule has 0 amide bonds. The summed E-state index contributed by atoms with van der Waals surface area (Å²) >= 11 is 3.73. The molecule has 2 fully saturated rings. The molecule has 3 heterocycles. The van der Waals surface area contributed by atoms with E-state index < -0.39 is 0 Å². The van der Waals surface area contributed by atoms with Gasteiger partial charge in [-0.25, -0.2) is 0 Å². The molecule has 1 aromatic rings. The Morgan fingerprint density at radius 2 is 2.00 bits per heavy atom. The van der Waals surface area contributed by atoms with Gasteiger partial charge < -0.3 is 5.32 Å². The number of hydrogen-bond donors (Lipinski definition) is 1. The van der Waals surface area contributed by atoms with Gasteiger partial charge in [0.2, 0.25) is 0 Å². The van der Waals surface area contributed by atoms with Gasteiger partial charge in [-0.3, -0.25) is 9.58 Å². The van der Waals surface area contributed by atoms with Crippen molar-refractivity contribution in [1.82, 2.24) is 20.0 Å². The van der Waals surface area contributed by atoms with Crippen LogP contribution >= 0.6 is 15.9 Å². The number of piperidine rings is 1. The van der Waals surface area contributed by atoms with Crippen molar-refractivity contribution in [3.8, 4) is 0 Å². The van der Waals surface area contributed by atoms with E-state index in [-0.39, 0.29) is 0 Å². The van der Waals surface area contributed by atoms with Crippen LogP contribution in [0.25, 0.3) is 0 Å². The SMILES string of the molecule is CCc1nn(C)c(CN(C)C2CC3CCC(C2)N3)c1Br. The molecule has 2 aliphatic heterocycles. The first-order chi connectivity index (χ1) is 9.58. The maximum atomic E-state index is 4.60. The van der Waals surface area contributed by atoms with Crippen LogP contribution in [0.3, 0.4) is 0 Å². The predicted molar refractivity (Wildman–Crippen MR) is 84.7 cm³/mol. The molecular formula is C15H25BrN4. The van der Waals surface area contributed by atoms with Crippen LogP contribution in [0, 0.1) is 0 Å². The summed E-state index contributed by atoms with van der Waals surface area (Å²) in [7, 11) is 4.32. The third-order valence-corrected chi connectivity index (χ3v) is 5.89. The Bertz CT molecular complexity index is 472. The maximum absolute atomic E-state index is 4.60. The third-order valence-electron chi connectivity index (χ3n) is 4.97. The third kappa shape index (κ3) is 2.68. The zero-order valence-corrected chi connectivity index (χ0v) is 14.3.